The Labute approximate surface area is 227 Å². The number of carbonyl (C=O) groups is 2. The minimum absolute atomic E-state index is 0.0215. The molecule has 0 aromatic rings. The van der Waals surface area contributed by atoms with Crippen molar-refractivity contribution in [1.29, 1.82) is 0 Å². The second-order valence-electron chi connectivity index (χ2n) is 11.1. The molecule has 0 aromatic heterocycles. The van der Waals surface area contributed by atoms with Crippen molar-refractivity contribution < 1.29 is 43.9 Å². The fourth-order valence-electron chi connectivity index (χ4n) is 5.04. The third kappa shape index (κ3) is 11.7. The van der Waals surface area contributed by atoms with E-state index in [1.807, 2.05) is 6.92 Å². The highest BCUT2D eigenvalue weighted by atomic mass is 16.6. The molecule has 0 aliphatic carbocycles. The van der Waals surface area contributed by atoms with Gasteiger partial charge in [0.1, 0.15) is 6.10 Å². The third-order valence-corrected chi connectivity index (χ3v) is 7.81. The summed E-state index contributed by atoms with van der Waals surface area (Å²) in [6.07, 6.45) is 7.99. The van der Waals surface area contributed by atoms with Crippen LogP contribution >= 0.6 is 0 Å². The molecular weight excluding hydrogens is 492 g/mol. The van der Waals surface area contributed by atoms with Crippen LogP contribution in [0.4, 0.5) is 0 Å². The SMILES string of the molecule is COC(=O)CCCCCCCCCCOC(=O)C=C(C)C[C@@H]1OC[C@H](C[C@@H]2O[C@H]2[C@@H](C)[C@H](C)O)[C@@H](O)[C@H]1O. The van der Waals surface area contributed by atoms with E-state index in [4.69, 9.17) is 14.2 Å². The number of ether oxygens (including phenoxy) is 4. The van der Waals surface area contributed by atoms with Gasteiger partial charge in [-0.25, -0.2) is 4.79 Å². The molecule has 0 radical (unpaired) electrons. The molecule has 8 atom stereocenters. The molecule has 0 amide bonds. The summed E-state index contributed by atoms with van der Waals surface area (Å²) in [6.45, 7) is 6.16. The number of hydrogen-bond acceptors (Lipinski definition) is 9. The van der Waals surface area contributed by atoms with Crippen LogP contribution in [0.5, 0.6) is 0 Å². The fourth-order valence-corrected chi connectivity index (χ4v) is 5.04. The first-order chi connectivity index (χ1) is 18.1. The van der Waals surface area contributed by atoms with E-state index in [0.717, 1.165) is 56.9 Å². The number of hydrogen-bond donors (Lipinski definition) is 3. The zero-order chi connectivity index (χ0) is 28.1. The van der Waals surface area contributed by atoms with E-state index < -0.39 is 30.4 Å². The van der Waals surface area contributed by atoms with Gasteiger partial charge in [0.05, 0.1) is 50.8 Å². The van der Waals surface area contributed by atoms with Gasteiger partial charge < -0.3 is 34.3 Å². The van der Waals surface area contributed by atoms with Gasteiger partial charge in [0.15, 0.2) is 0 Å². The van der Waals surface area contributed by atoms with Gasteiger partial charge in [-0.2, -0.15) is 0 Å². The Morgan fingerprint density at radius 3 is 2.24 bits per heavy atom. The van der Waals surface area contributed by atoms with Gasteiger partial charge in [-0.05, 0) is 39.5 Å². The van der Waals surface area contributed by atoms with Crippen molar-refractivity contribution in [2.75, 3.05) is 20.3 Å². The summed E-state index contributed by atoms with van der Waals surface area (Å²) in [5, 5.41) is 31.0. The van der Waals surface area contributed by atoms with Crippen molar-refractivity contribution in [3.05, 3.63) is 11.6 Å². The van der Waals surface area contributed by atoms with Crippen LogP contribution < -0.4 is 0 Å². The Morgan fingerprint density at radius 1 is 0.974 bits per heavy atom. The molecule has 2 saturated heterocycles. The number of epoxide rings is 1. The Morgan fingerprint density at radius 2 is 1.61 bits per heavy atom. The minimum Gasteiger partial charge on any atom is -0.469 e. The molecule has 0 saturated carbocycles. The lowest BCUT2D eigenvalue weighted by molar-refractivity contribution is -0.165. The van der Waals surface area contributed by atoms with Gasteiger partial charge in [0.2, 0.25) is 0 Å². The lowest BCUT2D eigenvalue weighted by Crippen LogP contribution is -2.50. The lowest BCUT2D eigenvalue weighted by atomic mass is 9.85. The van der Waals surface area contributed by atoms with Gasteiger partial charge in [0, 0.05) is 24.3 Å². The average Bonchev–Trinajstić information content (AvgIpc) is 3.65. The van der Waals surface area contributed by atoms with Crippen LogP contribution in [-0.4, -0.2) is 84.2 Å². The second kappa shape index (κ2) is 17.2. The first kappa shape index (κ1) is 32.7. The summed E-state index contributed by atoms with van der Waals surface area (Å²) in [5.41, 5.74) is 0.730. The van der Waals surface area contributed by atoms with E-state index in [9.17, 15) is 24.9 Å². The maximum atomic E-state index is 12.1. The Kier molecular flexibility index (Phi) is 14.8. The second-order valence-corrected chi connectivity index (χ2v) is 11.1. The van der Waals surface area contributed by atoms with Crippen LogP contribution in [0.25, 0.3) is 0 Å². The highest BCUT2D eigenvalue weighted by Gasteiger charge is 2.48. The molecule has 9 nitrogen and oxygen atoms in total. The van der Waals surface area contributed by atoms with Crippen molar-refractivity contribution in [1.82, 2.24) is 0 Å². The lowest BCUT2D eigenvalue weighted by Gasteiger charge is -2.38. The Bertz CT molecular complexity index is 738. The Hall–Kier alpha value is -1.52. The standard InChI is InChI=1S/C29H50O9/c1-19(16-26(32)36-14-12-10-8-6-5-7-9-11-13-25(31)35-4)15-23-28(34)27(33)22(18-37-23)17-24-29(38-24)20(2)21(3)30/h16,20-24,27-30,33-34H,5-15,17-18H2,1-4H3/t20-,21-,22-,23-,24-,27+,28-,29-/m0/s1. The van der Waals surface area contributed by atoms with Crippen LogP contribution in [0.15, 0.2) is 11.6 Å². The topological polar surface area (TPSA) is 135 Å². The normalized spacial score (nSPS) is 29.0. The largest absolute Gasteiger partial charge is 0.469 e. The van der Waals surface area contributed by atoms with Crippen molar-refractivity contribution >= 4 is 11.9 Å². The summed E-state index contributed by atoms with van der Waals surface area (Å²) in [6, 6.07) is 0. The molecule has 2 rings (SSSR count). The number of aliphatic hydroxyl groups excluding tert-OH is 3. The summed E-state index contributed by atoms with van der Waals surface area (Å²) in [7, 11) is 1.42. The highest BCUT2D eigenvalue weighted by Crippen LogP contribution is 2.38. The van der Waals surface area contributed by atoms with Gasteiger partial charge in [-0.3, -0.25) is 4.79 Å². The molecule has 38 heavy (non-hydrogen) atoms. The minimum atomic E-state index is -1.05. The van der Waals surface area contributed by atoms with E-state index in [1.165, 1.54) is 13.2 Å². The van der Waals surface area contributed by atoms with Crippen molar-refractivity contribution in [2.45, 2.75) is 128 Å². The Balaban J connectivity index is 1.55. The number of esters is 2. The third-order valence-electron chi connectivity index (χ3n) is 7.81. The van der Waals surface area contributed by atoms with Gasteiger partial charge in [-0.1, -0.05) is 51.0 Å². The molecule has 2 aliphatic rings. The molecule has 9 heteroatoms. The zero-order valence-electron chi connectivity index (χ0n) is 23.7. The maximum absolute atomic E-state index is 12.1. The fraction of sp³-hybridized carbons (Fsp3) is 0.862. The number of methoxy groups -OCH3 is 1. The van der Waals surface area contributed by atoms with Crippen molar-refractivity contribution in [3.63, 3.8) is 0 Å². The van der Waals surface area contributed by atoms with E-state index in [2.05, 4.69) is 4.74 Å². The average molecular weight is 543 g/mol. The van der Waals surface area contributed by atoms with Crippen LogP contribution in [0.1, 0.15) is 91.4 Å². The summed E-state index contributed by atoms with van der Waals surface area (Å²) in [5.74, 6) is -0.762. The quantitative estimate of drug-likeness (QED) is 0.103. The number of aliphatic hydroxyl groups is 3. The van der Waals surface area contributed by atoms with Crippen molar-refractivity contribution in [2.24, 2.45) is 11.8 Å². The molecule has 0 unspecified atom stereocenters. The van der Waals surface area contributed by atoms with E-state index in [-0.39, 0.29) is 30.0 Å². The summed E-state index contributed by atoms with van der Waals surface area (Å²) in [4.78, 5) is 23.2. The molecule has 2 fully saturated rings. The monoisotopic (exact) mass is 542 g/mol. The first-order valence-electron chi connectivity index (χ1n) is 14.4. The highest BCUT2D eigenvalue weighted by molar-refractivity contribution is 5.82. The van der Waals surface area contributed by atoms with E-state index >= 15 is 0 Å². The predicted octanol–water partition coefficient (Wildman–Crippen LogP) is 3.46. The molecular formula is C29H50O9. The molecule has 0 aromatic carbocycles. The summed E-state index contributed by atoms with van der Waals surface area (Å²) < 4.78 is 21.5. The first-order valence-corrected chi connectivity index (χ1v) is 14.4. The molecule has 0 spiro atoms. The van der Waals surface area contributed by atoms with Crippen LogP contribution in [0.2, 0.25) is 0 Å². The van der Waals surface area contributed by atoms with Gasteiger partial charge in [0.25, 0.3) is 0 Å². The molecule has 3 N–H and O–H groups in total. The van der Waals surface area contributed by atoms with Gasteiger partial charge in [-0.15, -0.1) is 0 Å². The predicted molar refractivity (Wildman–Crippen MR) is 142 cm³/mol. The van der Waals surface area contributed by atoms with Crippen LogP contribution in [0.3, 0.4) is 0 Å². The van der Waals surface area contributed by atoms with E-state index in [0.29, 0.717) is 32.5 Å². The van der Waals surface area contributed by atoms with E-state index in [1.54, 1.807) is 13.8 Å². The summed E-state index contributed by atoms with van der Waals surface area (Å²) >= 11 is 0. The maximum Gasteiger partial charge on any atom is 0.330 e. The molecule has 2 aliphatic heterocycles. The van der Waals surface area contributed by atoms with Gasteiger partial charge >= 0.3 is 11.9 Å². The van der Waals surface area contributed by atoms with Crippen LogP contribution in [-0.2, 0) is 28.5 Å². The number of rotatable bonds is 18. The number of carbonyl (C=O) groups excluding carboxylic acids is 2. The molecule has 220 valence electrons. The van der Waals surface area contributed by atoms with Crippen LogP contribution in [0, 0.1) is 11.8 Å². The molecule has 2 heterocycles. The van der Waals surface area contributed by atoms with Crippen molar-refractivity contribution in [3.8, 4) is 0 Å². The molecule has 0 bridgehead atoms. The number of unbranched alkanes of at least 4 members (excludes halogenated alkanes) is 7. The zero-order valence-corrected chi connectivity index (χ0v) is 23.7. The smallest absolute Gasteiger partial charge is 0.330 e.